The van der Waals surface area contributed by atoms with E-state index in [1.807, 2.05) is 31.4 Å². The lowest BCUT2D eigenvalue weighted by Crippen LogP contribution is -2.30. The van der Waals surface area contributed by atoms with Crippen LogP contribution in [0.3, 0.4) is 0 Å². The Kier molecular flexibility index (Phi) is 5.26. The molecule has 112 valence electrons. The Morgan fingerprint density at radius 1 is 1.52 bits per heavy atom. The SMILES string of the molecule is CCn1cnnc1C(C)NC(=O)CSc1nccc(C)n1. The van der Waals surface area contributed by atoms with Crippen molar-refractivity contribution >= 4 is 17.7 Å². The molecule has 0 fully saturated rings. The Morgan fingerprint density at radius 3 is 3.05 bits per heavy atom. The lowest BCUT2D eigenvalue weighted by atomic mass is 10.3. The molecule has 0 saturated heterocycles. The Balaban J connectivity index is 1.87. The second-order valence-corrected chi connectivity index (χ2v) is 5.48. The summed E-state index contributed by atoms with van der Waals surface area (Å²) in [7, 11) is 0. The number of nitrogens with zero attached hydrogens (tertiary/aromatic N) is 5. The molecule has 2 heterocycles. The second-order valence-electron chi connectivity index (χ2n) is 4.53. The third-order valence-electron chi connectivity index (χ3n) is 2.86. The Labute approximate surface area is 127 Å². The monoisotopic (exact) mass is 306 g/mol. The number of rotatable bonds is 6. The molecule has 0 aliphatic heterocycles. The van der Waals surface area contributed by atoms with Gasteiger partial charge in [-0.15, -0.1) is 10.2 Å². The van der Waals surface area contributed by atoms with E-state index in [1.165, 1.54) is 11.8 Å². The largest absolute Gasteiger partial charge is 0.346 e. The van der Waals surface area contributed by atoms with Gasteiger partial charge in [0, 0.05) is 18.4 Å². The summed E-state index contributed by atoms with van der Waals surface area (Å²) in [5, 5.41) is 11.4. The van der Waals surface area contributed by atoms with Gasteiger partial charge in [0.2, 0.25) is 5.91 Å². The standard InChI is InChI=1S/C13H18N6OS/c1-4-19-8-15-18-12(19)10(3)17-11(20)7-21-13-14-6-5-9(2)16-13/h5-6,8,10H,4,7H2,1-3H3,(H,17,20). The summed E-state index contributed by atoms with van der Waals surface area (Å²) in [4.78, 5) is 20.3. The van der Waals surface area contributed by atoms with E-state index in [9.17, 15) is 4.79 Å². The fourth-order valence-corrected chi connectivity index (χ4v) is 2.50. The topological polar surface area (TPSA) is 85.6 Å². The van der Waals surface area contributed by atoms with Crippen molar-refractivity contribution in [1.29, 1.82) is 0 Å². The lowest BCUT2D eigenvalue weighted by molar-refractivity contribution is -0.119. The van der Waals surface area contributed by atoms with E-state index in [1.54, 1.807) is 12.5 Å². The molecule has 2 aromatic heterocycles. The van der Waals surface area contributed by atoms with E-state index in [4.69, 9.17) is 0 Å². The zero-order valence-electron chi connectivity index (χ0n) is 12.3. The van der Waals surface area contributed by atoms with Crippen molar-refractivity contribution in [3.63, 3.8) is 0 Å². The van der Waals surface area contributed by atoms with Gasteiger partial charge in [-0.1, -0.05) is 11.8 Å². The van der Waals surface area contributed by atoms with Crippen molar-refractivity contribution in [2.45, 2.75) is 38.5 Å². The van der Waals surface area contributed by atoms with Crippen LogP contribution in [0.4, 0.5) is 0 Å². The number of amides is 1. The molecule has 2 aromatic rings. The van der Waals surface area contributed by atoms with Gasteiger partial charge >= 0.3 is 0 Å². The maximum absolute atomic E-state index is 12.0. The number of thioether (sulfide) groups is 1. The molecule has 1 unspecified atom stereocenters. The van der Waals surface area contributed by atoms with E-state index in [0.717, 1.165) is 18.1 Å². The normalized spacial score (nSPS) is 12.1. The minimum Gasteiger partial charge on any atom is -0.346 e. The maximum Gasteiger partial charge on any atom is 0.231 e. The van der Waals surface area contributed by atoms with Crippen LogP contribution in [0, 0.1) is 6.92 Å². The maximum atomic E-state index is 12.0. The smallest absolute Gasteiger partial charge is 0.231 e. The summed E-state index contributed by atoms with van der Waals surface area (Å²) in [6.07, 6.45) is 3.35. The van der Waals surface area contributed by atoms with Crippen LogP contribution < -0.4 is 5.32 Å². The first-order chi connectivity index (χ1) is 10.1. The average Bonchev–Trinajstić information content (AvgIpc) is 2.94. The van der Waals surface area contributed by atoms with Crippen LogP contribution in [0.1, 0.15) is 31.4 Å². The molecule has 0 bridgehead atoms. The highest BCUT2D eigenvalue weighted by atomic mass is 32.2. The van der Waals surface area contributed by atoms with Crippen LogP contribution in [0.25, 0.3) is 0 Å². The Bertz CT molecular complexity index is 614. The van der Waals surface area contributed by atoms with Crippen molar-refractivity contribution in [3.8, 4) is 0 Å². The zero-order valence-corrected chi connectivity index (χ0v) is 13.1. The van der Waals surface area contributed by atoms with Gasteiger partial charge in [0.25, 0.3) is 0 Å². The van der Waals surface area contributed by atoms with E-state index < -0.39 is 0 Å². The first kappa shape index (κ1) is 15.4. The molecular weight excluding hydrogens is 288 g/mol. The van der Waals surface area contributed by atoms with Crippen molar-refractivity contribution in [2.24, 2.45) is 0 Å². The first-order valence-electron chi connectivity index (χ1n) is 6.69. The Morgan fingerprint density at radius 2 is 2.33 bits per heavy atom. The first-order valence-corrected chi connectivity index (χ1v) is 7.68. The number of aryl methyl sites for hydroxylation is 2. The molecule has 0 aliphatic carbocycles. The number of nitrogens with one attached hydrogen (secondary N) is 1. The highest BCUT2D eigenvalue weighted by molar-refractivity contribution is 7.99. The highest BCUT2D eigenvalue weighted by Crippen LogP contribution is 2.13. The zero-order chi connectivity index (χ0) is 15.2. The van der Waals surface area contributed by atoms with Gasteiger partial charge < -0.3 is 9.88 Å². The van der Waals surface area contributed by atoms with Gasteiger partial charge in [-0.3, -0.25) is 4.79 Å². The third kappa shape index (κ3) is 4.25. The predicted molar refractivity (Wildman–Crippen MR) is 79.7 cm³/mol. The van der Waals surface area contributed by atoms with Crippen LogP contribution in [-0.4, -0.2) is 36.4 Å². The summed E-state index contributed by atoms with van der Waals surface area (Å²) in [5.41, 5.74) is 0.886. The van der Waals surface area contributed by atoms with E-state index in [-0.39, 0.29) is 17.7 Å². The molecule has 2 rings (SSSR count). The van der Waals surface area contributed by atoms with Gasteiger partial charge in [-0.2, -0.15) is 0 Å². The summed E-state index contributed by atoms with van der Waals surface area (Å²) >= 11 is 1.31. The number of aromatic nitrogens is 5. The Hall–Kier alpha value is -1.96. The van der Waals surface area contributed by atoms with E-state index >= 15 is 0 Å². The number of carbonyl (C=O) groups is 1. The van der Waals surface area contributed by atoms with Crippen LogP contribution >= 0.6 is 11.8 Å². The van der Waals surface area contributed by atoms with Gasteiger partial charge in [-0.05, 0) is 26.8 Å². The van der Waals surface area contributed by atoms with Crippen LogP contribution in [0.2, 0.25) is 0 Å². The molecule has 1 N–H and O–H groups in total. The molecule has 1 amide bonds. The molecule has 7 nitrogen and oxygen atoms in total. The second kappa shape index (κ2) is 7.16. The van der Waals surface area contributed by atoms with Crippen molar-refractivity contribution < 1.29 is 4.79 Å². The molecule has 0 spiro atoms. The molecule has 0 radical (unpaired) electrons. The molecule has 21 heavy (non-hydrogen) atoms. The van der Waals surface area contributed by atoms with Crippen molar-refractivity contribution in [1.82, 2.24) is 30.0 Å². The number of hydrogen-bond acceptors (Lipinski definition) is 6. The van der Waals surface area contributed by atoms with E-state index in [0.29, 0.717) is 5.16 Å². The van der Waals surface area contributed by atoms with Crippen molar-refractivity contribution in [3.05, 3.63) is 30.1 Å². The van der Waals surface area contributed by atoms with Gasteiger partial charge in [0.05, 0.1) is 11.8 Å². The number of carbonyl (C=O) groups excluding carboxylic acids is 1. The minimum atomic E-state index is -0.182. The van der Waals surface area contributed by atoms with Gasteiger partial charge in [-0.25, -0.2) is 9.97 Å². The summed E-state index contributed by atoms with van der Waals surface area (Å²) in [6, 6.07) is 1.64. The van der Waals surface area contributed by atoms with Gasteiger partial charge in [0.1, 0.15) is 6.33 Å². The van der Waals surface area contributed by atoms with Gasteiger partial charge in [0.15, 0.2) is 11.0 Å². The summed E-state index contributed by atoms with van der Waals surface area (Å²) < 4.78 is 1.90. The molecule has 0 aromatic carbocycles. The van der Waals surface area contributed by atoms with Crippen LogP contribution in [0.15, 0.2) is 23.7 Å². The summed E-state index contributed by atoms with van der Waals surface area (Å²) in [5.74, 6) is 0.944. The molecule has 0 aliphatic rings. The minimum absolute atomic E-state index is 0.0803. The van der Waals surface area contributed by atoms with Crippen LogP contribution in [-0.2, 0) is 11.3 Å². The molecule has 0 saturated carbocycles. The van der Waals surface area contributed by atoms with Crippen LogP contribution in [0.5, 0.6) is 0 Å². The summed E-state index contributed by atoms with van der Waals surface area (Å²) in [6.45, 7) is 6.56. The lowest BCUT2D eigenvalue weighted by Gasteiger charge is -2.13. The molecule has 8 heteroatoms. The fraction of sp³-hybridized carbons (Fsp3) is 0.462. The highest BCUT2D eigenvalue weighted by Gasteiger charge is 2.15. The molecular formula is C13H18N6OS. The fourth-order valence-electron chi connectivity index (χ4n) is 1.82. The number of hydrogen-bond donors (Lipinski definition) is 1. The van der Waals surface area contributed by atoms with E-state index in [2.05, 4.69) is 25.5 Å². The van der Waals surface area contributed by atoms with Crippen molar-refractivity contribution in [2.75, 3.05) is 5.75 Å². The third-order valence-corrected chi connectivity index (χ3v) is 3.72. The quantitative estimate of drug-likeness (QED) is 0.641. The molecule has 1 atom stereocenters. The average molecular weight is 306 g/mol. The predicted octanol–water partition coefficient (Wildman–Crippen LogP) is 1.37.